The second kappa shape index (κ2) is 4.95. The predicted molar refractivity (Wildman–Crippen MR) is 78.5 cm³/mol. The number of carbonyl (C=O) groups is 2. The normalized spacial score (nSPS) is 32.3. The molecule has 0 bridgehead atoms. The van der Waals surface area contributed by atoms with Crippen LogP contribution in [0.3, 0.4) is 0 Å². The van der Waals surface area contributed by atoms with Gasteiger partial charge in [0.2, 0.25) is 0 Å². The Hall–Kier alpha value is -2.24. The summed E-state index contributed by atoms with van der Waals surface area (Å²) in [6, 6.07) is 9.57. The number of rotatable bonds is 1. The molecule has 112 valence electrons. The summed E-state index contributed by atoms with van der Waals surface area (Å²) in [7, 11) is 3.51. The summed E-state index contributed by atoms with van der Waals surface area (Å²) in [5.41, 5.74) is 1.08. The molecular weight excluding hydrogens is 268 g/mol. The Balaban J connectivity index is 2.03. The van der Waals surface area contributed by atoms with Crippen LogP contribution in [0.15, 0.2) is 30.3 Å². The van der Waals surface area contributed by atoms with Gasteiger partial charge >= 0.3 is 12.1 Å². The third kappa shape index (κ3) is 2.11. The fourth-order valence-electron chi connectivity index (χ4n) is 3.40. The number of hydrogen-bond donors (Lipinski definition) is 2. The molecule has 2 N–H and O–H groups in total. The lowest BCUT2D eigenvalue weighted by atomic mass is 9.81. The molecule has 2 fully saturated rings. The first-order valence-corrected chi connectivity index (χ1v) is 7.12. The molecule has 2 aliphatic rings. The number of amides is 4. The number of urea groups is 2. The Morgan fingerprint density at radius 2 is 1.57 bits per heavy atom. The lowest BCUT2D eigenvalue weighted by Crippen LogP contribution is -2.71. The molecule has 3 rings (SSSR count). The monoisotopic (exact) mass is 288 g/mol. The maximum atomic E-state index is 12.2. The average Bonchev–Trinajstić information content (AvgIpc) is 2.48. The summed E-state index contributed by atoms with van der Waals surface area (Å²) in [4.78, 5) is 27.5. The molecule has 21 heavy (non-hydrogen) atoms. The molecule has 4 atom stereocenters. The zero-order valence-electron chi connectivity index (χ0n) is 12.4. The van der Waals surface area contributed by atoms with Gasteiger partial charge in [-0.1, -0.05) is 30.3 Å². The zero-order chi connectivity index (χ0) is 15.1. The fourth-order valence-corrected chi connectivity index (χ4v) is 3.40. The molecular formula is C15H20N4O2. The number of nitrogens with one attached hydrogen (secondary N) is 2. The van der Waals surface area contributed by atoms with Crippen molar-refractivity contribution in [2.75, 3.05) is 14.1 Å². The Bertz CT molecular complexity index is 562. The second-order valence-electron chi connectivity index (χ2n) is 5.79. The van der Waals surface area contributed by atoms with Crippen LogP contribution in [0.1, 0.15) is 18.5 Å². The SMILES string of the molecule is C[C@H]1NC(=O)N(C)[C@@H]2NC(=O)N(C)[C@H](c3ccccc3)[C@@H]21. The van der Waals surface area contributed by atoms with E-state index in [1.807, 2.05) is 37.3 Å². The quantitative estimate of drug-likeness (QED) is 0.819. The van der Waals surface area contributed by atoms with Crippen molar-refractivity contribution in [1.29, 1.82) is 0 Å². The molecule has 0 aromatic heterocycles. The minimum absolute atomic E-state index is 0.0213. The summed E-state index contributed by atoms with van der Waals surface area (Å²) >= 11 is 0. The van der Waals surface area contributed by atoms with Crippen molar-refractivity contribution in [2.45, 2.75) is 25.2 Å². The van der Waals surface area contributed by atoms with Gasteiger partial charge in [-0.15, -0.1) is 0 Å². The van der Waals surface area contributed by atoms with E-state index in [-0.39, 0.29) is 36.2 Å². The molecule has 2 aliphatic heterocycles. The lowest BCUT2D eigenvalue weighted by molar-refractivity contribution is 0.0248. The molecule has 4 amide bonds. The van der Waals surface area contributed by atoms with E-state index in [0.29, 0.717) is 0 Å². The van der Waals surface area contributed by atoms with E-state index in [2.05, 4.69) is 10.6 Å². The van der Waals surface area contributed by atoms with Crippen LogP contribution in [0.5, 0.6) is 0 Å². The van der Waals surface area contributed by atoms with Crippen LogP contribution in [0, 0.1) is 5.92 Å². The predicted octanol–water partition coefficient (Wildman–Crippen LogP) is 1.37. The van der Waals surface area contributed by atoms with Crippen molar-refractivity contribution < 1.29 is 9.59 Å². The topological polar surface area (TPSA) is 64.7 Å². The van der Waals surface area contributed by atoms with Gasteiger partial charge in [-0.3, -0.25) is 0 Å². The van der Waals surface area contributed by atoms with Gasteiger partial charge in [0.25, 0.3) is 0 Å². The van der Waals surface area contributed by atoms with Crippen molar-refractivity contribution in [3.63, 3.8) is 0 Å². The third-order valence-corrected chi connectivity index (χ3v) is 4.55. The number of hydrogen-bond acceptors (Lipinski definition) is 2. The van der Waals surface area contributed by atoms with E-state index in [9.17, 15) is 9.59 Å². The first kappa shape index (κ1) is 13.7. The Labute approximate surface area is 124 Å². The molecule has 1 aromatic rings. The average molecular weight is 288 g/mol. The van der Waals surface area contributed by atoms with E-state index in [0.717, 1.165) is 5.56 Å². The summed E-state index contributed by atoms with van der Waals surface area (Å²) in [6.07, 6.45) is -0.289. The molecule has 0 aliphatic carbocycles. The lowest BCUT2D eigenvalue weighted by Gasteiger charge is -2.52. The van der Waals surface area contributed by atoms with Crippen molar-refractivity contribution >= 4 is 12.1 Å². The summed E-state index contributed by atoms with van der Waals surface area (Å²) in [6.45, 7) is 1.99. The van der Waals surface area contributed by atoms with Gasteiger partial charge in [0, 0.05) is 26.1 Å². The standard InChI is InChI=1S/C15H20N4O2/c1-9-11-12(10-7-5-4-6-8-10)18(2)15(21)17-13(11)19(3)14(20)16-9/h4-9,11-13H,1-3H3,(H,16,20)(H,17,21)/t9-,11+,12-,13+/m1/s1. The first-order valence-electron chi connectivity index (χ1n) is 7.12. The molecule has 0 saturated carbocycles. The molecule has 1 aromatic carbocycles. The van der Waals surface area contributed by atoms with Crippen LogP contribution in [0.25, 0.3) is 0 Å². The maximum absolute atomic E-state index is 12.2. The highest BCUT2D eigenvalue weighted by molar-refractivity contribution is 5.80. The molecule has 2 heterocycles. The van der Waals surface area contributed by atoms with E-state index in [1.165, 1.54) is 0 Å². The van der Waals surface area contributed by atoms with Gasteiger partial charge in [-0.05, 0) is 12.5 Å². The van der Waals surface area contributed by atoms with Gasteiger partial charge in [0.05, 0.1) is 6.04 Å². The van der Waals surface area contributed by atoms with Crippen LogP contribution in [-0.4, -0.2) is 48.2 Å². The van der Waals surface area contributed by atoms with E-state index in [1.54, 1.807) is 23.9 Å². The Kier molecular flexibility index (Phi) is 3.23. The van der Waals surface area contributed by atoms with E-state index < -0.39 is 0 Å². The number of benzene rings is 1. The summed E-state index contributed by atoms with van der Waals surface area (Å²) in [5, 5.41) is 5.90. The van der Waals surface area contributed by atoms with Gasteiger partial charge < -0.3 is 20.4 Å². The smallest absolute Gasteiger partial charge is 0.319 e. The minimum Gasteiger partial charge on any atom is -0.335 e. The summed E-state index contributed by atoms with van der Waals surface area (Å²) < 4.78 is 0. The van der Waals surface area contributed by atoms with Gasteiger partial charge in [0.1, 0.15) is 6.17 Å². The minimum atomic E-state index is -0.289. The molecule has 6 heteroatoms. The van der Waals surface area contributed by atoms with Crippen LogP contribution < -0.4 is 10.6 Å². The molecule has 6 nitrogen and oxygen atoms in total. The molecule has 2 saturated heterocycles. The maximum Gasteiger partial charge on any atom is 0.319 e. The van der Waals surface area contributed by atoms with E-state index >= 15 is 0 Å². The zero-order valence-corrected chi connectivity index (χ0v) is 12.4. The highest BCUT2D eigenvalue weighted by Crippen LogP contribution is 2.38. The Morgan fingerprint density at radius 3 is 2.24 bits per heavy atom. The van der Waals surface area contributed by atoms with Crippen molar-refractivity contribution in [1.82, 2.24) is 20.4 Å². The Morgan fingerprint density at radius 1 is 0.952 bits per heavy atom. The number of carbonyl (C=O) groups excluding carboxylic acids is 2. The number of nitrogens with zero attached hydrogens (tertiary/aromatic N) is 2. The molecule has 0 unspecified atom stereocenters. The van der Waals surface area contributed by atoms with Crippen molar-refractivity contribution in [3.05, 3.63) is 35.9 Å². The fraction of sp³-hybridized carbons (Fsp3) is 0.467. The number of fused-ring (bicyclic) bond motifs is 1. The molecule has 0 spiro atoms. The van der Waals surface area contributed by atoms with Crippen LogP contribution >= 0.6 is 0 Å². The largest absolute Gasteiger partial charge is 0.335 e. The molecule has 0 radical (unpaired) electrons. The van der Waals surface area contributed by atoms with Crippen molar-refractivity contribution in [2.24, 2.45) is 5.92 Å². The van der Waals surface area contributed by atoms with Crippen LogP contribution in [-0.2, 0) is 0 Å². The highest BCUT2D eigenvalue weighted by atomic mass is 16.2. The van der Waals surface area contributed by atoms with Gasteiger partial charge in [-0.2, -0.15) is 0 Å². The second-order valence-corrected chi connectivity index (χ2v) is 5.79. The van der Waals surface area contributed by atoms with E-state index in [4.69, 9.17) is 0 Å². The van der Waals surface area contributed by atoms with Crippen LogP contribution in [0.4, 0.5) is 9.59 Å². The summed E-state index contributed by atoms with van der Waals surface area (Å²) in [5.74, 6) is 0.0813. The highest BCUT2D eigenvalue weighted by Gasteiger charge is 2.49. The third-order valence-electron chi connectivity index (χ3n) is 4.55. The van der Waals surface area contributed by atoms with Crippen LogP contribution in [0.2, 0.25) is 0 Å². The first-order chi connectivity index (χ1) is 10.0. The van der Waals surface area contributed by atoms with Gasteiger partial charge in [-0.25, -0.2) is 9.59 Å². The van der Waals surface area contributed by atoms with Crippen molar-refractivity contribution in [3.8, 4) is 0 Å². The van der Waals surface area contributed by atoms with Gasteiger partial charge in [0.15, 0.2) is 0 Å².